The molecular formula is C17H19NO2. The predicted molar refractivity (Wildman–Crippen MR) is 78.7 cm³/mol. The molecule has 2 aromatic rings. The first-order valence-electron chi connectivity index (χ1n) is 7.01. The fourth-order valence-electron chi connectivity index (χ4n) is 2.50. The lowest BCUT2D eigenvalue weighted by atomic mass is 10.1. The molecule has 1 atom stereocenters. The zero-order valence-electron chi connectivity index (χ0n) is 11.4. The first-order chi connectivity index (χ1) is 9.83. The van der Waals surface area contributed by atoms with E-state index in [2.05, 4.69) is 17.4 Å². The lowest BCUT2D eigenvalue weighted by Gasteiger charge is -2.12. The molecule has 3 nitrogen and oxygen atoms in total. The maximum Gasteiger partial charge on any atom is 0.122 e. The van der Waals surface area contributed by atoms with Gasteiger partial charge in [0, 0.05) is 19.5 Å². The van der Waals surface area contributed by atoms with E-state index in [0.717, 1.165) is 30.9 Å². The molecule has 2 N–H and O–H groups in total. The van der Waals surface area contributed by atoms with Crippen LogP contribution in [0.25, 0.3) is 0 Å². The summed E-state index contributed by atoms with van der Waals surface area (Å²) in [6.45, 7) is 2.10. The van der Waals surface area contributed by atoms with Gasteiger partial charge >= 0.3 is 0 Å². The maximum absolute atomic E-state index is 10.1. The highest BCUT2D eigenvalue weighted by Crippen LogP contribution is 2.25. The van der Waals surface area contributed by atoms with E-state index in [1.807, 2.05) is 36.4 Å². The lowest BCUT2D eigenvalue weighted by molar-refractivity contribution is 0.174. The molecule has 2 aromatic carbocycles. The number of benzene rings is 2. The van der Waals surface area contributed by atoms with Crippen LogP contribution in [0.15, 0.2) is 48.5 Å². The van der Waals surface area contributed by atoms with Crippen LogP contribution in [0, 0.1) is 0 Å². The highest BCUT2D eigenvalue weighted by atomic mass is 16.5. The summed E-state index contributed by atoms with van der Waals surface area (Å²) in [6.07, 6.45) is 0.532. The largest absolute Gasteiger partial charge is 0.493 e. The minimum Gasteiger partial charge on any atom is -0.493 e. The summed E-state index contributed by atoms with van der Waals surface area (Å²) in [4.78, 5) is 0. The molecule has 1 unspecified atom stereocenters. The number of hydrogen-bond acceptors (Lipinski definition) is 3. The van der Waals surface area contributed by atoms with Gasteiger partial charge in [-0.05, 0) is 22.8 Å². The van der Waals surface area contributed by atoms with Crippen LogP contribution in [0.4, 0.5) is 0 Å². The number of rotatable bonds is 5. The first kappa shape index (κ1) is 13.2. The van der Waals surface area contributed by atoms with Gasteiger partial charge in [0.15, 0.2) is 0 Å². The standard InChI is InChI=1S/C17H19NO2/c19-16(14-4-2-1-3-5-14)12-18-11-13-6-7-17-15(10-13)8-9-20-17/h1-7,10,16,18-19H,8-9,11-12H2. The Balaban J connectivity index is 1.53. The van der Waals surface area contributed by atoms with E-state index >= 15 is 0 Å². The molecule has 20 heavy (non-hydrogen) atoms. The van der Waals surface area contributed by atoms with Crippen LogP contribution in [0.5, 0.6) is 5.75 Å². The van der Waals surface area contributed by atoms with Crippen LogP contribution in [-0.4, -0.2) is 18.3 Å². The third-order valence-corrected chi connectivity index (χ3v) is 3.61. The molecule has 0 bridgehead atoms. The second-order valence-corrected chi connectivity index (χ2v) is 5.10. The van der Waals surface area contributed by atoms with Crippen molar-refractivity contribution in [1.82, 2.24) is 5.32 Å². The Morgan fingerprint density at radius 2 is 2.00 bits per heavy atom. The Morgan fingerprint density at radius 3 is 2.85 bits per heavy atom. The van der Waals surface area contributed by atoms with Crippen LogP contribution < -0.4 is 10.1 Å². The molecule has 0 spiro atoms. The van der Waals surface area contributed by atoms with Crippen molar-refractivity contribution in [2.24, 2.45) is 0 Å². The van der Waals surface area contributed by atoms with Crippen LogP contribution in [0.1, 0.15) is 22.8 Å². The Morgan fingerprint density at radius 1 is 1.15 bits per heavy atom. The lowest BCUT2D eigenvalue weighted by Crippen LogP contribution is -2.21. The van der Waals surface area contributed by atoms with Gasteiger partial charge in [-0.1, -0.05) is 42.5 Å². The molecule has 1 aliphatic heterocycles. The first-order valence-corrected chi connectivity index (χ1v) is 7.01. The smallest absolute Gasteiger partial charge is 0.122 e. The van der Waals surface area contributed by atoms with E-state index in [1.54, 1.807) is 0 Å². The average Bonchev–Trinajstić information content (AvgIpc) is 2.95. The van der Waals surface area contributed by atoms with E-state index in [4.69, 9.17) is 4.74 Å². The zero-order chi connectivity index (χ0) is 13.8. The Labute approximate surface area is 119 Å². The highest BCUT2D eigenvalue weighted by molar-refractivity contribution is 5.39. The summed E-state index contributed by atoms with van der Waals surface area (Å²) in [6, 6.07) is 16.0. The molecule has 0 aliphatic carbocycles. The minimum atomic E-state index is -0.464. The summed E-state index contributed by atoms with van der Waals surface area (Å²) in [7, 11) is 0. The van der Waals surface area contributed by atoms with Gasteiger partial charge in [0.1, 0.15) is 5.75 Å². The van der Waals surface area contributed by atoms with Crippen molar-refractivity contribution in [2.75, 3.05) is 13.2 Å². The average molecular weight is 269 g/mol. The van der Waals surface area contributed by atoms with Crippen molar-refractivity contribution in [3.63, 3.8) is 0 Å². The molecule has 0 aromatic heterocycles. The van der Waals surface area contributed by atoms with Crippen molar-refractivity contribution in [3.8, 4) is 5.75 Å². The summed E-state index contributed by atoms with van der Waals surface area (Å²) >= 11 is 0. The topological polar surface area (TPSA) is 41.5 Å². The number of ether oxygens (including phenoxy) is 1. The van der Waals surface area contributed by atoms with Crippen LogP contribution in [0.2, 0.25) is 0 Å². The second-order valence-electron chi connectivity index (χ2n) is 5.10. The van der Waals surface area contributed by atoms with Gasteiger partial charge in [-0.15, -0.1) is 0 Å². The second kappa shape index (κ2) is 6.07. The third-order valence-electron chi connectivity index (χ3n) is 3.61. The van der Waals surface area contributed by atoms with Crippen molar-refractivity contribution >= 4 is 0 Å². The third kappa shape index (κ3) is 3.00. The highest BCUT2D eigenvalue weighted by Gasteiger charge is 2.12. The number of nitrogens with one attached hydrogen (secondary N) is 1. The minimum absolute atomic E-state index is 0.464. The summed E-state index contributed by atoms with van der Waals surface area (Å²) in [5.41, 5.74) is 3.46. The van der Waals surface area contributed by atoms with E-state index < -0.39 is 6.10 Å². The molecule has 0 amide bonds. The van der Waals surface area contributed by atoms with E-state index in [-0.39, 0.29) is 0 Å². The van der Waals surface area contributed by atoms with Crippen molar-refractivity contribution < 1.29 is 9.84 Å². The normalized spacial score (nSPS) is 14.7. The van der Waals surface area contributed by atoms with E-state index in [9.17, 15) is 5.11 Å². The number of aliphatic hydroxyl groups is 1. The summed E-state index contributed by atoms with van der Waals surface area (Å²) in [5.74, 6) is 1.01. The molecule has 3 heteroatoms. The number of aliphatic hydroxyl groups excluding tert-OH is 1. The molecular weight excluding hydrogens is 250 g/mol. The van der Waals surface area contributed by atoms with E-state index in [1.165, 1.54) is 11.1 Å². The molecule has 1 aliphatic rings. The monoisotopic (exact) mass is 269 g/mol. The van der Waals surface area contributed by atoms with Crippen molar-refractivity contribution in [2.45, 2.75) is 19.1 Å². The number of fused-ring (bicyclic) bond motifs is 1. The van der Waals surface area contributed by atoms with Crippen LogP contribution in [0.3, 0.4) is 0 Å². The Kier molecular flexibility index (Phi) is 4.00. The van der Waals surface area contributed by atoms with Gasteiger partial charge in [0.2, 0.25) is 0 Å². The van der Waals surface area contributed by atoms with E-state index in [0.29, 0.717) is 6.54 Å². The van der Waals surface area contributed by atoms with Crippen LogP contribution >= 0.6 is 0 Å². The molecule has 1 heterocycles. The molecule has 3 rings (SSSR count). The quantitative estimate of drug-likeness (QED) is 0.876. The van der Waals surface area contributed by atoms with Gasteiger partial charge in [0.25, 0.3) is 0 Å². The molecule has 0 saturated heterocycles. The molecule has 0 fully saturated rings. The molecule has 104 valence electrons. The van der Waals surface area contributed by atoms with Gasteiger partial charge < -0.3 is 15.2 Å². The summed E-state index contributed by atoms with van der Waals surface area (Å²) < 4.78 is 5.49. The van der Waals surface area contributed by atoms with Gasteiger partial charge in [0.05, 0.1) is 12.7 Å². The molecule has 0 saturated carbocycles. The van der Waals surface area contributed by atoms with Gasteiger partial charge in [-0.2, -0.15) is 0 Å². The van der Waals surface area contributed by atoms with Crippen molar-refractivity contribution in [3.05, 3.63) is 65.2 Å². The Hall–Kier alpha value is -1.84. The van der Waals surface area contributed by atoms with Crippen LogP contribution in [-0.2, 0) is 13.0 Å². The predicted octanol–water partition coefficient (Wildman–Crippen LogP) is 2.44. The SMILES string of the molecule is OC(CNCc1ccc2c(c1)CCO2)c1ccccc1. The summed E-state index contributed by atoms with van der Waals surface area (Å²) in [5, 5.41) is 13.4. The molecule has 0 radical (unpaired) electrons. The fraction of sp³-hybridized carbons (Fsp3) is 0.294. The maximum atomic E-state index is 10.1. The van der Waals surface area contributed by atoms with Crippen molar-refractivity contribution in [1.29, 1.82) is 0 Å². The zero-order valence-corrected chi connectivity index (χ0v) is 11.4. The number of hydrogen-bond donors (Lipinski definition) is 2. The Bertz CT molecular complexity index is 568. The van der Waals surface area contributed by atoms with Gasteiger partial charge in [-0.25, -0.2) is 0 Å². The fourth-order valence-corrected chi connectivity index (χ4v) is 2.50. The van der Waals surface area contributed by atoms with Gasteiger partial charge in [-0.3, -0.25) is 0 Å².